The molecular formula is C18H22N4O3. The first-order chi connectivity index (χ1) is 12.1. The molecule has 1 N–H and O–H groups in total. The number of anilines is 1. The summed E-state index contributed by atoms with van der Waals surface area (Å²) in [5.41, 5.74) is 0.754. The van der Waals surface area contributed by atoms with Gasteiger partial charge in [-0.25, -0.2) is 0 Å². The maximum atomic E-state index is 12.5. The van der Waals surface area contributed by atoms with E-state index in [0.717, 1.165) is 5.69 Å². The smallest absolute Gasteiger partial charge is 0.227 e. The molecule has 25 heavy (non-hydrogen) atoms. The Kier molecular flexibility index (Phi) is 5.02. The maximum Gasteiger partial charge on any atom is 0.227 e. The van der Waals surface area contributed by atoms with Gasteiger partial charge in [0.1, 0.15) is 5.75 Å². The second-order valence-corrected chi connectivity index (χ2v) is 6.24. The number of aromatic nitrogens is 2. The zero-order chi connectivity index (χ0) is 17.8. The molecule has 3 rings (SSSR count). The van der Waals surface area contributed by atoms with E-state index in [2.05, 4.69) is 10.4 Å². The highest BCUT2D eigenvalue weighted by molar-refractivity contribution is 6.00. The Labute approximate surface area is 146 Å². The van der Waals surface area contributed by atoms with Crippen molar-refractivity contribution in [2.75, 3.05) is 18.6 Å². The first kappa shape index (κ1) is 17.0. The Morgan fingerprint density at radius 1 is 1.44 bits per heavy atom. The molecule has 7 heteroatoms. The fraction of sp³-hybridized carbons (Fsp3) is 0.389. The number of hydrogen-bond acceptors (Lipinski definition) is 4. The summed E-state index contributed by atoms with van der Waals surface area (Å²) < 4.78 is 6.97. The zero-order valence-electron chi connectivity index (χ0n) is 14.4. The van der Waals surface area contributed by atoms with Crippen LogP contribution >= 0.6 is 0 Å². The second-order valence-electron chi connectivity index (χ2n) is 6.24. The lowest BCUT2D eigenvalue weighted by molar-refractivity contribution is -0.126. The lowest BCUT2D eigenvalue weighted by Gasteiger charge is -2.19. The number of amides is 2. The summed E-state index contributed by atoms with van der Waals surface area (Å²) in [4.78, 5) is 26.5. The van der Waals surface area contributed by atoms with Gasteiger partial charge in [-0.1, -0.05) is 6.07 Å². The summed E-state index contributed by atoms with van der Waals surface area (Å²) in [7, 11) is 1.59. The van der Waals surface area contributed by atoms with Crippen molar-refractivity contribution in [2.45, 2.75) is 25.9 Å². The average molecular weight is 342 g/mol. The second kappa shape index (κ2) is 7.38. The van der Waals surface area contributed by atoms with Crippen LogP contribution in [0.25, 0.3) is 0 Å². The Bertz CT molecular complexity index is 745. The van der Waals surface area contributed by atoms with E-state index in [4.69, 9.17) is 4.74 Å². The normalized spacial score (nSPS) is 18.2. The van der Waals surface area contributed by atoms with Crippen LogP contribution in [0.4, 0.5) is 5.69 Å². The van der Waals surface area contributed by atoms with Crippen LogP contribution in [0.2, 0.25) is 0 Å². The Morgan fingerprint density at radius 2 is 2.28 bits per heavy atom. The minimum Gasteiger partial charge on any atom is -0.497 e. The summed E-state index contributed by atoms with van der Waals surface area (Å²) in [6.07, 6.45) is 3.78. The highest BCUT2D eigenvalue weighted by atomic mass is 16.5. The Hall–Kier alpha value is -2.83. The van der Waals surface area contributed by atoms with Gasteiger partial charge >= 0.3 is 0 Å². The van der Waals surface area contributed by atoms with Gasteiger partial charge in [-0.2, -0.15) is 5.10 Å². The predicted octanol–water partition coefficient (Wildman–Crippen LogP) is 1.45. The molecule has 0 aliphatic carbocycles. The molecule has 2 atom stereocenters. The molecule has 1 saturated heterocycles. The van der Waals surface area contributed by atoms with Crippen molar-refractivity contribution in [3.05, 3.63) is 42.7 Å². The number of nitrogens with zero attached hydrogens (tertiary/aromatic N) is 3. The highest BCUT2D eigenvalue weighted by Crippen LogP contribution is 2.28. The van der Waals surface area contributed by atoms with E-state index in [0.29, 0.717) is 18.8 Å². The molecule has 2 amide bonds. The third kappa shape index (κ3) is 3.99. The van der Waals surface area contributed by atoms with Crippen LogP contribution in [0.5, 0.6) is 5.75 Å². The van der Waals surface area contributed by atoms with Gasteiger partial charge < -0.3 is 15.0 Å². The van der Waals surface area contributed by atoms with Crippen molar-refractivity contribution >= 4 is 17.5 Å². The Morgan fingerprint density at radius 3 is 3.00 bits per heavy atom. The van der Waals surface area contributed by atoms with E-state index in [1.165, 1.54) is 0 Å². The van der Waals surface area contributed by atoms with Crippen molar-refractivity contribution in [3.8, 4) is 5.75 Å². The van der Waals surface area contributed by atoms with Gasteiger partial charge in [0, 0.05) is 43.2 Å². The number of methoxy groups -OCH3 is 1. The predicted molar refractivity (Wildman–Crippen MR) is 93.3 cm³/mol. The number of rotatable bonds is 6. The average Bonchev–Trinajstić information content (AvgIpc) is 3.24. The first-order valence-electron chi connectivity index (χ1n) is 8.29. The van der Waals surface area contributed by atoms with E-state index in [-0.39, 0.29) is 30.2 Å². The third-order valence-corrected chi connectivity index (χ3v) is 4.27. The molecule has 2 heterocycles. The molecule has 1 fully saturated rings. The van der Waals surface area contributed by atoms with Gasteiger partial charge in [-0.15, -0.1) is 0 Å². The van der Waals surface area contributed by atoms with Crippen LogP contribution in [0, 0.1) is 5.92 Å². The molecular weight excluding hydrogens is 320 g/mol. The quantitative estimate of drug-likeness (QED) is 0.862. The molecule has 132 valence electrons. The van der Waals surface area contributed by atoms with Gasteiger partial charge in [-0.3, -0.25) is 14.3 Å². The largest absolute Gasteiger partial charge is 0.497 e. The van der Waals surface area contributed by atoms with Gasteiger partial charge in [0.05, 0.1) is 19.6 Å². The molecule has 0 bridgehead atoms. The molecule has 0 radical (unpaired) electrons. The van der Waals surface area contributed by atoms with Crippen LogP contribution in [0.1, 0.15) is 13.3 Å². The molecule has 0 saturated carbocycles. The number of hydrogen-bond donors (Lipinski definition) is 1. The van der Waals surface area contributed by atoms with Crippen LogP contribution < -0.4 is 15.0 Å². The van der Waals surface area contributed by atoms with Crippen LogP contribution in [0.3, 0.4) is 0 Å². The van der Waals surface area contributed by atoms with Crippen LogP contribution in [-0.4, -0.2) is 41.3 Å². The van der Waals surface area contributed by atoms with Crippen molar-refractivity contribution < 1.29 is 14.3 Å². The number of ether oxygens (including phenoxy) is 1. The van der Waals surface area contributed by atoms with Gasteiger partial charge in [0.15, 0.2) is 0 Å². The molecule has 0 unspecified atom stereocenters. The van der Waals surface area contributed by atoms with Crippen molar-refractivity contribution in [1.82, 2.24) is 15.1 Å². The van der Waals surface area contributed by atoms with Crippen molar-refractivity contribution in [1.29, 1.82) is 0 Å². The lowest BCUT2D eigenvalue weighted by Crippen LogP contribution is -2.40. The monoisotopic (exact) mass is 342 g/mol. The molecule has 1 aromatic heterocycles. The topological polar surface area (TPSA) is 76.5 Å². The van der Waals surface area contributed by atoms with Crippen LogP contribution in [0.15, 0.2) is 42.7 Å². The SMILES string of the molecule is COc1cccc(N2C[C@H](C(=O)N[C@@H](C)Cn3cccn3)CC2=O)c1. The number of carbonyl (C=O) groups is 2. The Balaban J connectivity index is 1.60. The fourth-order valence-corrected chi connectivity index (χ4v) is 3.01. The number of carbonyl (C=O) groups excluding carboxylic acids is 2. The molecule has 1 aromatic carbocycles. The summed E-state index contributed by atoms with van der Waals surface area (Å²) in [6, 6.07) is 9.09. The summed E-state index contributed by atoms with van der Waals surface area (Å²) in [5.74, 6) is 0.191. The fourth-order valence-electron chi connectivity index (χ4n) is 3.01. The van der Waals surface area contributed by atoms with Gasteiger partial charge in [0.25, 0.3) is 0 Å². The molecule has 7 nitrogen and oxygen atoms in total. The van der Waals surface area contributed by atoms with E-state index < -0.39 is 0 Å². The third-order valence-electron chi connectivity index (χ3n) is 4.27. The standard InChI is InChI=1S/C18H22N4O3/c1-13(11-21-8-4-7-19-21)20-18(24)14-9-17(23)22(12-14)15-5-3-6-16(10-15)25-2/h3-8,10,13-14H,9,11-12H2,1-2H3,(H,20,24)/t13-,14+/m0/s1. The molecule has 0 spiro atoms. The van der Waals surface area contributed by atoms with Crippen molar-refractivity contribution in [3.63, 3.8) is 0 Å². The highest BCUT2D eigenvalue weighted by Gasteiger charge is 2.35. The van der Waals surface area contributed by atoms with Crippen molar-refractivity contribution in [2.24, 2.45) is 5.92 Å². The minimum absolute atomic E-state index is 0.0480. The molecule has 1 aliphatic heterocycles. The van der Waals surface area contributed by atoms with E-state index in [9.17, 15) is 9.59 Å². The summed E-state index contributed by atoms with van der Waals surface area (Å²) >= 11 is 0. The minimum atomic E-state index is -0.348. The zero-order valence-corrected chi connectivity index (χ0v) is 14.4. The van der Waals surface area contributed by atoms with Crippen LogP contribution in [-0.2, 0) is 16.1 Å². The number of benzene rings is 1. The van der Waals surface area contributed by atoms with E-state index >= 15 is 0 Å². The number of nitrogens with one attached hydrogen (secondary N) is 1. The maximum absolute atomic E-state index is 12.5. The van der Waals surface area contributed by atoms with E-state index in [1.54, 1.807) is 29.0 Å². The summed E-state index contributed by atoms with van der Waals surface area (Å²) in [5, 5.41) is 7.10. The van der Waals surface area contributed by atoms with Gasteiger partial charge in [-0.05, 0) is 25.1 Å². The molecule has 1 aliphatic rings. The van der Waals surface area contributed by atoms with Gasteiger partial charge in [0.2, 0.25) is 11.8 Å². The molecule has 2 aromatic rings. The lowest BCUT2D eigenvalue weighted by atomic mass is 10.1. The summed E-state index contributed by atoms with van der Waals surface area (Å²) in [6.45, 7) is 2.90. The first-order valence-corrected chi connectivity index (χ1v) is 8.29. The van der Waals surface area contributed by atoms with E-state index in [1.807, 2.05) is 37.4 Å².